The van der Waals surface area contributed by atoms with Gasteiger partial charge in [-0.2, -0.15) is 0 Å². The molecule has 0 bridgehead atoms. The van der Waals surface area contributed by atoms with Crippen LogP contribution in [-0.2, 0) is 9.53 Å². The molecule has 5 nitrogen and oxygen atoms in total. The van der Waals surface area contributed by atoms with Crippen molar-refractivity contribution < 1.29 is 14.3 Å². The van der Waals surface area contributed by atoms with Gasteiger partial charge >= 0.3 is 6.09 Å². The minimum Gasteiger partial charge on any atom is -0.444 e. The third-order valence-corrected chi connectivity index (χ3v) is 3.48. The van der Waals surface area contributed by atoms with Crippen molar-refractivity contribution in [2.45, 2.75) is 51.7 Å². The summed E-state index contributed by atoms with van der Waals surface area (Å²) in [6.45, 7) is 6.71. The SMILES string of the molecule is CN(C[C@H]1CCCCN1C(=O)CCl)C(=O)OC(C)(C)C. The highest BCUT2D eigenvalue weighted by molar-refractivity contribution is 6.27. The summed E-state index contributed by atoms with van der Waals surface area (Å²) < 4.78 is 5.32. The van der Waals surface area contributed by atoms with E-state index in [0.29, 0.717) is 6.54 Å². The minimum absolute atomic E-state index is 0.00729. The lowest BCUT2D eigenvalue weighted by Gasteiger charge is -2.37. The molecular weight excluding hydrogens is 280 g/mol. The molecule has 0 saturated carbocycles. The first-order valence-corrected chi connectivity index (χ1v) is 7.57. The molecule has 1 rings (SSSR count). The van der Waals surface area contributed by atoms with Crippen LogP contribution in [0.1, 0.15) is 40.0 Å². The molecule has 1 saturated heterocycles. The van der Waals surface area contributed by atoms with Gasteiger partial charge in [0.05, 0.1) is 0 Å². The molecule has 1 aliphatic rings. The van der Waals surface area contributed by atoms with E-state index in [-0.39, 0.29) is 23.9 Å². The van der Waals surface area contributed by atoms with E-state index >= 15 is 0 Å². The number of hydrogen-bond donors (Lipinski definition) is 0. The highest BCUT2D eigenvalue weighted by atomic mass is 35.5. The molecule has 0 N–H and O–H groups in total. The molecule has 2 amide bonds. The Labute approximate surface area is 126 Å². The quantitative estimate of drug-likeness (QED) is 0.753. The summed E-state index contributed by atoms with van der Waals surface area (Å²) in [5, 5.41) is 0. The highest BCUT2D eigenvalue weighted by Crippen LogP contribution is 2.19. The van der Waals surface area contributed by atoms with Crippen LogP contribution in [0.5, 0.6) is 0 Å². The summed E-state index contributed by atoms with van der Waals surface area (Å²) in [6, 6.07) is 0.0347. The number of amides is 2. The molecule has 1 aliphatic heterocycles. The van der Waals surface area contributed by atoms with Gasteiger partial charge in [0.2, 0.25) is 5.91 Å². The van der Waals surface area contributed by atoms with Crippen LogP contribution >= 0.6 is 11.6 Å². The fourth-order valence-electron chi connectivity index (χ4n) is 2.33. The van der Waals surface area contributed by atoms with E-state index in [1.807, 2.05) is 20.8 Å². The van der Waals surface area contributed by atoms with Gasteiger partial charge in [0, 0.05) is 26.2 Å². The number of nitrogens with zero attached hydrogens (tertiary/aromatic N) is 2. The predicted molar refractivity (Wildman–Crippen MR) is 78.9 cm³/mol. The summed E-state index contributed by atoms with van der Waals surface area (Å²) in [6.07, 6.45) is 2.60. The first-order valence-electron chi connectivity index (χ1n) is 7.04. The summed E-state index contributed by atoms with van der Waals surface area (Å²) in [4.78, 5) is 27.1. The number of rotatable bonds is 3. The highest BCUT2D eigenvalue weighted by Gasteiger charge is 2.29. The van der Waals surface area contributed by atoms with Crippen molar-refractivity contribution >= 4 is 23.6 Å². The van der Waals surface area contributed by atoms with Crippen molar-refractivity contribution in [3.63, 3.8) is 0 Å². The first-order chi connectivity index (χ1) is 9.24. The number of hydrogen-bond acceptors (Lipinski definition) is 3. The molecule has 1 fully saturated rings. The number of ether oxygens (including phenoxy) is 1. The van der Waals surface area contributed by atoms with Crippen molar-refractivity contribution in [2.24, 2.45) is 0 Å². The van der Waals surface area contributed by atoms with Crippen LogP contribution in [0.2, 0.25) is 0 Å². The van der Waals surface area contributed by atoms with Crippen LogP contribution < -0.4 is 0 Å². The van der Waals surface area contributed by atoms with Crippen LogP contribution in [0.25, 0.3) is 0 Å². The molecule has 116 valence electrons. The van der Waals surface area contributed by atoms with Crippen LogP contribution in [0.4, 0.5) is 4.79 Å². The Hall–Kier alpha value is -0.970. The van der Waals surface area contributed by atoms with E-state index in [2.05, 4.69) is 0 Å². The molecule has 0 unspecified atom stereocenters. The zero-order chi connectivity index (χ0) is 15.3. The molecule has 20 heavy (non-hydrogen) atoms. The van der Waals surface area contributed by atoms with Gasteiger partial charge in [-0.05, 0) is 40.0 Å². The number of likely N-dealkylation sites (tertiary alicyclic amines) is 1. The van der Waals surface area contributed by atoms with E-state index in [0.717, 1.165) is 25.8 Å². The third-order valence-electron chi connectivity index (χ3n) is 3.25. The van der Waals surface area contributed by atoms with Gasteiger partial charge in [-0.3, -0.25) is 4.79 Å². The van der Waals surface area contributed by atoms with Gasteiger partial charge in [-0.25, -0.2) is 4.79 Å². The Kier molecular flexibility index (Phi) is 6.11. The lowest BCUT2D eigenvalue weighted by Crippen LogP contribution is -2.50. The van der Waals surface area contributed by atoms with Gasteiger partial charge < -0.3 is 14.5 Å². The van der Waals surface area contributed by atoms with Crippen LogP contribution in [0.15, 0.2) is 0 Å². The van der Waals surface area contributed by atoms with Crippen molar-refractivity contribution in [3.05, 3.63) is 0 Å². The summed E-state index contributed by atoms with van der Waals surface area (Å²) in [5.74, 6) is -0.0684. The summed E-state index contributed by atoms with van der Waals surface area (Å²) in [7, 11) is 1.70. The third kappa shape index (κ3) is 5.19. The number of carbonyl (C=O) groups is 2. The molecule has 0 aromatic heterocycles. The van der Waals surface area contributed by atoms with Gasteiger partial charge in [0.25, 0.3) is 0 Å². The largest absolute Gasteiger partial charge is 0.444 e. The maximum absolute atomic E-state index is 12.0. The average molecular weight is 305 g/mol. The molecule has 6 heteroatoms. The molecule has 0 aliphatic carbocycles. The van der Waals surface area contributed by atoms with Crippen molar-refractivity contribution in [1.29, 1.82) is 0 Å². The maximum Gasteiger partial charge on any atom is 0.410 e. The van der Waals surface area contributed by atoms with E-state index in [9.17, 15) is 9.59 Å². The topological polar surface area (TPSA) is 49.9 Å². The number of halogens is 1. The molecule has 0 radical (unpaired) electrons. The first kappa shape index (κ1) is 17.1. The smallest absolute Gasteiger partial charge is 0.410 e. The van der Waals surface area contributed by atoms with E-state index in [1.165, 1.54) is 4.90 Å². The number of alkyl halides is 1. The van der Waals surface area contributed by atoms with Gasteiger partial charge in [-0.15, -0.1) is 11.6 Å². The average Bonchev–Trinajstić information content (AvgIpc) is 2.36. The molecule has 1 heterocycles. The van der Waals surface area contributed by atoms with Crippen LogP contribution in [0, 0.1) is 0 Å². The second-order valence-corrected chi connectivity index (χ2v) is 6.50. The Morgan fingerprint density at radius 1 is 1.35 bits per heavy atom. The van der Waals surface area contributed by atoms with Gasteiger partial charge in [-0.1, -0.05) is 0 Å². The summed E-state index contributed by atoms with van der Waals surface area (Å²) in [5.41, 5.74) is -0.510. The van der Waals surface area contributed by atoms with Crippen molar-refractivity contribution in [1.82, 2.24) is 9.80 Å². The van der Waals surface area contributed by atoms with Gasteiger partial charge in [0.15, 0.2) is 0 Å². The molecule has 0 aromatic carbocycles. The molecule has 1 atom stereocenters. The normalized spacial score (nSPS) is 19.6. The Morgan fingerprint density at radius 3 is 2.55 bits per heavy atom. The number of likely N-dealkylation sites (N-methyl/N-ethyl adjacent to an activating group) is 1. The number of piperidine rings is 1. The molecule has 0 spiro atoms. The standard InChI is InChI=1S/C14H25ClN2O3/c1-14(2,3)20-13(19)16(4)10-11-7-5-6-8-17(11)12(18)9-15/h11H,5-10H2,1-4H3/t11-/m1/s1. The molecular formula is C14H25ClN2O3. The Bertz CT molecular complexity index is 355. The zero-order valence-corrected chi connectivity index (χ0v) is 13.6. The summed E-state index contributed by atoms with van der Waals surface area (Å²) >= 11 is 5.64. The number of carbonyl (C=O) groups excluding carboxylic acids is 2. The van der Waals surface area contributed by atoms with E-state index in [4.69, 9.17) is 16.3 Å². The van der Waals surface area contributed by atoms with Gasteiger partial charge in [0.1, 0.15) is 11.5 Å². The second kappa shape index (κ2) is 7.16. The van der Waals surface area contributed by atoms with E-state index in [1.54, 1.807) is 11.9 Å². The second-order valence-electron chi connectivity index (χ2n) is 6.23. The zero-order valence-electron chi connectivity index (χ0n) is 12.8. The van der Waals surface area contributed by atoms with Crippen molar-refractivity contribution in [3.8, 4) is 0 Å². The fourth-order valence-corrected chi connectivity index (χ4v) is 2.48. The van der Waals surface area contributed by atoms with E-state index < -0.39 is 5.60 Å². The Morgan fingerprint density at radius 2 is 2.00 bits per heavy atom. The lowest BCUT2D eigenvalue weighted by atomic mass is 10.0. The lowest BCUT2D eigenvalue weighted by molar-refractivity contribution is -0.132. The van der Waals surface area contributed by atoms with Crippen molar-refractivity contribution in [2.75, 3.05) is 26.0 Å². The monoisotopic (exact) mass is 304 g/mol. The predicted octanol–water partition coefficient (Wildman–Crippen LogP) is 2.47. The van der Waals surface area contributed by atoms with Crippen LogP contribution in [-0.4, -0.2) is 59.5 Å². The van der Waals surface area contributed by atoms with Crippen LogP contribution in [0.3, 0.4) is 0 Å². The Balaban J connectivity index is 2.60. The minimum atomic E-state index is -0.510. The maximum atomic E-state index is 12.0. The molecule has 0 aromatic rings. The fraction of sp³-hybridized carbons (Fsp3) is 0.857.